The molecule has 1 aromatic rings. The van der Waals surface area contributed by atoms with E-state index in [9.17, 15) is 0 Å². The van der Waals surface area contributed by atoms with Crippen LogP contribution >= 0.6 is 0 Å². The van der Waals surface area contributed by atoms with Crippen LogP contribution in [0.1, 0.15) is 18.1 Å². The first kappa shape index (κ1) is 13.4. The first-order valence-electron chi connectivity index (χ1n) is 6.81. The molecular formula is C15H24N2O. The highest BCUT2D eigenvalue weighted by Crippen LogP contribution is 2.20. The first-order chi connectivity index (χ1) is 8.74. The van der Waals surface area contributed by atoms with Gasteiger partial charge in [0, 0.05) is 25.7 Å². The molecule has 0 saturated carbocycles. The van der Waals surface area contributed by atoms with E-state index in [-0.39, 0.29) is 0 Å². The molecule has 1 heterocycles. The van der Waals surface area contributed by atoms with Gasteiger partial charge in [-0.3, -0.25) is 0 Å². The van der Waals surface area contributed by atoms with E-state index >= 15 is 0 Å². The third-order valence-electron chi connectivity index (χ3n) is 3.86. The summed E-state index contributed by atoms with van der Waals surface area (Å²) in [5, 5.41) is 3.32. The van der Waals surface area contributed by atoms with Crippen LogP contribution < -0.4 is 10.1 Å². The number of hydrogen-bond acceptors (Lipinski definition) is 3. The molecular weight excluding hydrogens is 224 g/mol. The third-order valence-corrected chi connectivity index (χ3v) is 3.86. The molecule has 3 nitrogen and oxygen atoms in total. The molecule has 1 aromatic carbocycles. The zero-order valence-electron chi connectivity index (χ0n) is 11.7. The standard InChI is InChI=1S/C15H24N2O/c1-4-13-9-12(5-6-15(13)18-3)7-8-17(2)14-10-16-11-14/h5-6,9,14,16H,4,7-8,10-11H2,1-3H3. The Labute approximate surface area is 110 Å². The summed E-state index contributed by atoms with van der Waals surface area (Å²) >= 11 is 0. The minimum absolute atomic E-state index is 0.730. The average molecular weight is 248 g/mol. The topological polar surface area (TPSA) is 24.5 Å². The molecule has 1 aliphatic heterocycles. The lowest BCUT2D eigenvalue weighted by Crippen LogP contribution is -2.56. The van der Waals surface area contributed by atoms with Gasteiger partial charge in [0.15, 0.2) is 0 Å². The summed E-state index contributed by atoms with van der Waals surface area (Å²) in [4.78, 5) is 2.45. The molecule has 3 heteroatoms. The molecule has 1 saturated heterocycles. The number of aryl methyl sites for hydroxylation is 1. The van der Waals surface area contributed by atoms with Crippen molar-refractivity contribution in [3.63, 3.8) is 0 Å². The third kappa shape index (κ3) is 3.03. The van der Waals surface area contributed by atoms with Crippen molar-refractivity contribution in [1.82, 2.24) is 10.2 Å². The van der Waals surface area contributed by atoms with Crippen molar-refractivity contribution in [3.8, 4) is 5.75 Å². The first-order valence-corrected chi connectivity index (χ1v) is 6.81. The van der Waals surface area contributed by atoms with E-state index in [0.29, 0.717) is 0 Å². The van der Waals surface area contributed by atoms with Crippen molar-refractivity contribution in [2.45, 2.75) is 25.8 Å². The molecule has 0 amide bonds. The Hall–Kier alpha value is -1.06. The van der Waals surface area contributed by atoms with E-state index in [1.54, 1.807) is 7.11 Å². The summed E-state index contributed by atoms with van der Waals surface area (Å²) in [6.45, 7) is 5.58. The van der Waals surface area contributed by atoms with Gasteiger partial charge in [0.2, 0.25) is 0 Å². The van der Waals surface area contributed by atoms with E-state index in [4.69, 9.17) is 4.74 Å². The summed E-state index contributed by atoms with van der Waals surface area (Å²) in [6, 6.07) is 7.30. The van der Waals surface area contributed by atoms with Gasteiger partial charge in [-0.05, 0) is 37.1 Å². The molecule has 0 radical (unpaired) electrons. The van der Waals surface area contributed by atoms with Crippen molar-refractivity contribution in [3.05, 3.63) is 29.3 Å². The van der Waals surface area contributed by atoms with Gasteiger partial charge in [-0.25, -0.2) is 0 Å². The molecule has 0 atom stereocenters. The Morgan fingerprint density at radius 2 is 2.17 bits per heavy atom. The lowest BCUT2D eigenvalue weighted by Gasteiger charge is -2.35. The van der Waals surface area contributed by atoms with E-state index in [1.807, 2.05) is 0 Å². The fraction of sp³-hybridized carbons (Fsp3) is 0.600. The number of hydrogen-bond donors (Lipinski definition) is 1. The second-order valence-electron chi connectivity index (χ2n) is 5.04. The summed E-state index contributed by atoms with van der Waals surface area (Å²) in [6.07, 6.45) is 2.14. The van der Waals surface area contributed by atoms with Gasteiger partial charge in [-0.1, -0.05) is 19.1 Å². The normalized spacial score (nSPS) is 15.8. The second-order valence-corrected chi connectivity index (χ2v) is 5.04. The largest absolute Gasteiger partial charge is 0.496 e. The zero-order chi connectivity index (χ0) is 13.0. The average Bonchev–Trinajstić information content (AvgIpc) is 2.33. The Kier molecular flexibility index (Phi) is 4.61. The molecule has 0 unspecified atom stereocenters. The van der Waals surface area contributed by atoms with Crippen LogP contribution in [0.25, 0.3) is 0 Å². The van der Waals surface area contributed by atoms with E-state index in [0.717, 1.165) is 44.3 Å². The zero-order valence-corrected chi connectivity index (χ0v) is 11.7. The highest BCUT2D eigenvalue weighted by molar-refractivity contribution is 5.37. The van der Waals surface area contributed by atoms with Crippen LogP contribution in [0.15, 0.2) is 18.2 Å². The van der Waals surface area contributed by atoms with Gasteiger partial charge in [0.1, 0.15) is 5.75 Å². The van der Waals surface area contributed by atoms with Crippen molar-refractivity contribution < 1.29 is 4.74 Å². The lowest BCUT2D eigenvalue weighted by molar-refractivity contribution is 0.182. The maximum Gasteiger partial charge on any atom is 0.122 e. The number of benzene rings is 1. The minimum atomic E-state index is 0.730. The molecule has 2 rings (SSSR count). The molecule has 1 N–H and O–H groups in total. The summed E-state index contributed by atoms with van der Waals surface area (Å²) < 4.78 is 5.36. The van der Waals surface area contributed by atoms with Gasteiger partial charge < -0.3 is 15.0 Å². The van der Waals surface area contributed by atoms with Gasteiger partial charge in [0.25, 0.3) is 0 Å². The molecule has 1 aliphatic rings. The smallest absolute Gasteiger partial charge is 0.122 e. The van der Waals surface area contributed by atoms with Crippen molar-refractivity contribution >= 4 is 0 Å². The molecule has 18 heavy (non-hydrogen) atoms. The Balaban J connectivity index is 1.92. The predicted molar refractivity (Wildman–Crippen MR) is 75.4 cm³/mol. The monoisotopic (exact) mass is 248 g/mol. The van der Waals surface area contributed by atoms with E-state index < -0.39 is 0 Å². The SMILES string of the molecule is CCc1cc(CCN(C)C2CNC2)ccc1OC. The fourth-order valence-corrected chi connectivity index (χ4v) is 2.34. The van der Waals surface area contributed by atoms with Gasteiger partial charge in [0.05, 0.1) is 7.11 Å². The van der Waals surface area contributed by atoms with Crippen molar-refractivity contribution in [1.29, 1.82) is 0 Å². The lowest BCUT2D eigenvalue weighted by atomic mass is 10.0. The van der Waals surface area contributed by atoms with Gasteiger partial charge in [-0.15, -0.1) is 0 Å². The highest BCUT2D eigenvalue weighted by Gasteiger charge is 2.20. The quantitative estimate of drug-likeness (QED) is 0.829. The van der Waals surface area contributed by atoms with Crippen LogP contribution in [-0.2, 0) is 12.8 Å². The maximum absolute atomic E-state index is 5.36. The maximum atomic E-state index is 5.36. The number of likely N-dealkylation sites (N-methyl/N-ethyl adjacent to an activating group) is 1. The Bertz CT molecular complexity index is 388. The van der Waals surface area contributed by atoms with Crippen molar-refractivity contribution in [2.24, 2.45) is 0 Å². The number of rotatable bonds is 6. The molecule has 0 aliphatic carbocycles. The van der Waals surface area contributed by atoms with Crippen LogP contribution in [0.4, 0.5) is 0 Å². The molecule has 0 spiro atoms. The number of nitrogens with one attached hydrogen (secondary N) is 1. The van der Waals surface area contributed by atoms with Crippen LogP contribution in [0, 0.1) is 0 Å². The van der Waals surface area contributed by atoms with E-state index in [2.05, 4.69) is 42.4 Å². The number of ether oxygens (including phenoxy) is 1. The van der Waals surface area contributed by atoms with Crippen LogP contribution in [-0.4, -0.2) is 44.7 Å². The van der Waals surface area contributed by atoms with Crippen LogP contribution in [0.5, 0.6) is 5.75 Å². The number of nitrogens with zero attached hydrogens (tertiary/aromatic N) is 1. The molecule has 1 fully saturated rings. The summed E-state index contributed by atoms with van der Waals surface area (Å²) in [7, 11) is 3.96. The fourth-order valence-electron chi connectivity index (χ4n) is 2.34. The number of methoxy groups -OCH3 is 1. The Morgan fingerprint density at radius 1 is 1.39 bits per heavy atom. The highest BCUT2D eigenvalue weighted by atomic mass is 16.5. The summed E-state index contributed by atoms with van der Waals surface area (Å²) in [5.74, 6) is 1.01. The van der Waals surface area contributed by atoms with Crippen LogP contribution in [0.2, 0.25) is 0 Å². The van der Waals surface area contributed by atoms with Crippen molar-refractivity contribution in [2.75, 3.05) is 33.8 Å². The predicted octanol–water partition coefficient (Wildman–Crippen LogP) is 1.70. The minimum Gasteiger partial charge on any atom is -0.496 e. The van der Waals surface area contributed by atoms with E-state index in [1.165, 1.54) is 11.1 Å². The molecule has 0 aromatic heterocycles. The Morgan fingerprint density at radius 3 is 2.72 bits per heavy atom. The van der Waals surface area contributed by atoms with Gasteiger partial charge >= 0.3 is 0 Å². The molecule has 100 valence electrons. The van der Waals surface area contributed by atoms with Crippen LogP contribution in [0.3, 0.4) is 0 Å². The second kappa shape index (κ2) is 6.21. The van der Waals surface area contributed by atoms with Gasteiger partial charge in [-0.2, -0.15) is 0 Å². The summed E-state index contributed by atoms with van der Waals surface area (Å²) in [5.41, 5.74) is 2.72. The molecule has 0 bridgehead atoms.